The number of carboxylic acids is 1. The first-order chi connectivity index (χ1) is 11.6. The van der Waals surface area contributed by atoms with E-state index >= 15 is 0 Å². The van der Waals surface area contributed by atoms with Crippen LogP contribution in [0.5, 0.6) is 11.6 Å². The van der Waals surface area contributed by atoms with Gasteiger partial charge in [0.2, 0.25) is 5.88 Å². The maximum atomic E-state index is 12.1. The van der Waals surface area contributed by atoms with Gasteiger partial charge in [0.1, 0.15) is 11.3 Å². The zero-order valence-electron chi connectivity index (χ0n) is 12.6. The number of rotatable bonds is 6. The maximum absolute atomic E-state index is 12.1. The Hall–Kier alpha value is -3.29. The molecule has 3 rings (SSSR count). The number of benzene rings is 1. The summed E-state index contributed by atoms with van der Waals surface area (Å²) in [4.78, 5) is 25.6. The number of para-hydroxylation sites is 1. The van der Waals surface area contributed by atoms with E-state index < -0.39 is 11.5 Å². The standard InChI is InChI=1S/C16H15N3O5/c20-14-11(7-4-8-24-10-5-2-1-3-6-10)15(21)19-13(18-14)12(9-17-19)16(22)23/h1-3,5-6,9,21H,4,7-8H2,(H,18,20)(H,22,23). The lowest BCUT2D eigenvalue weighted by Crippen LogP contribution is -2.17. The van der Waals surface area contributed by atoms with Crippen LogP contribution in [0.4, 0.5) is 0 Å². The van der Waals surface area contributed by atoms with Crippen LogP contribution in [0.1, 0.15) is 22.3 Å². The lowest BCUT2D eigenvalue weighted by atomic mass is 10.2. The van der Waals surface area contributed by atoms with Gasteiger partial charge in [0.15, 0.2) is 5.65 Å². The molecule has 0 spiro atoms. The van der Waals surface area contributed by atoms with E-state index in [2.05, 4.69) is 10.1 Å². The molecule has 0 amide bonds. The first-order valence-electron chi connectivity index (χ1n) is 7.31. The van der Waals surface area contributed by atoms with Crippen molar-refractivity contribution in [2.45, 2.75) is 12.8 Å². The van der Waals surface area contributed by atoms with E-state index in [4.69, 9.17) is 9.84 Å². The fourth-order valence-corrected chi connectivity index (χ4v) is 2.38. The summed E-state index contributed by atoms with van der Waals surface area (Å²) in [7, 11) is 0. The Kier molecular flexibility index (Phi) is 4.19. The van der Waals surface area contributed by atoms with E-state index in [-0.39, 0.29) is 29.1 Å². The third-order valence-corrected chi connectivity index (χ3v) is 3.56. The largest absolute Gasteiger partial charge is 0.494 e. The summed E-state index contributed by atoms with van der Waals surface area (Å²) in [5, 5.41) is 23.0. The molecule has 3 N–H and O–H groups in total. The minimum absolute atomic E-state index is 0.0470. The van der Waals surface area contributed by atoms with Crippen molar-refractivity contribution in [2.24, 2.45) is 0 Å². The van der Waals surface area contributed by atoms with Crippen molar-refractivity contribution in [3.63, 3.8) is 0 Å². The average Bonchev–Trinajstić information content (AvgIpc) is 2.99. The number of aromatic carboxylic acids is 1. The molecular formula is C16H15N3O5. The second kappa shape index (κ2) is 6.45. The number of nitrogens with one attached hydrogen (secondary N) is 1. The van der Waals surface area contributed by atoms with Crippen LogP contribution in [0, 0.1) is 0 Å². The van der Waals surface area contributed by atoms with Crippen LogP contribution >= 0.6 is 0 Å². The fraction of sp³-hybridized carbons (Fsp3) is 0.188. The van der Waals surface area contributed by atoms with Gasteiger partial charge in [-0.3, -0.25) is 4.79 Å². The summed E-state index contributed by atoms with van der Waals surface area (Å²) in [6, 6.07) is 9.26. The number of carboxylic acid groups (broad SMARTS) is 1. The molecule has 2 heterocycles. The highest BCUT2D eigenvalue weighted by Crippen LogP contribution is 2.18. The normalized spacial score (nSPS) is 10.8. The summed E-state index contributed by atoms with van der Waals surface area (Å²) in [5.74, 6) is -0.866. The molecule has 0 atom stereocenters. The topological polar surface area (TPSA) is 117 Å². The van der Waals surface area contributed by atoms with Crippen molar-refractivity contribution in [3.05, 3.63) is 58.0 Å². The lowest BCUT2D eigenvalue weighted by molar-refractivity contribution is 0.0698. The van der Waals surface area contributed by atoms with Crippen LogP contribution in [0.3, 0.4) is 0 Å². The summed E-state index contributed by atoms with van der Waals surface area (Å²) < 4.78 is 6.55. The van der Waals surface area contributed by atoms with Crippen LogP contribution in [-0.2, 0) is 6.42 Å². The van der Waals surface area contributed by atoms with E-state index in [1.54, 1.807) is 0 Å². The third-order valence-electron chi connectivity index (χ3n) is 3.56. The van der Waals surface area contributed by atoms with Gasteiger partial charge in [-0.05, 0) is 25.0 Å². The number of hydrogen-bond donors (Lipinski definition) is 3. The second-order valence-electron chi connectivity index (χ2n) is 5.15. The first-order valence-corrected chi connectivity index (χ1v) is 7.31. The number of H-pyrrole nitrogens is 1. The number of hydrogen-bond acceptors (Lipinski definition) is 5. The number of aromatic nitrogens is 3. The van der Waals surface area contributed by atoms with Gasteiger partial charge in [-0.25, -0.2) is 4.79 Å². The van der Waals surface area contributed by atoms with E-state index in [1.807, 2.05) is 30.3 Å². The quantitative estimate of drug-likeness (QED) is 0.589. The Bertz CT molecular complexity index is 930. The molecule has 0 aliphatic carbocycles. The van der Waals surface area contributed by atoms with Gasteiger partial charge in [0.25, 0.3) is 5.56 Å². The fourth-order valence-electron chi connectivity index (χ4n) is 2.38. The summed E-state index contributed by atoms with van der Waals surface area (Å²) in [5.41, 5.74) is -0.627. The molecule has 0 saturated heterocycles. The van der Waals surface area contributed by atoms with E-state index in [1.165, 1.54) is 0 Å². The highest BCUT2D eigenvalue weighted by molar-refractivity contribution is 5.94. The van der Waals surface area contributed by atoms with E-state index in [0.717, 1.165) is 16.5 Å². The SMILES string of the molecule is O=C(O)c1cnn2c(O)c(CCCOc3ccccc3)c(=O)[nH]c12. The second-order valence-corrected chi connectivity index (χ2v) is 5.15. The van der Waals surface area contributed by atoms with Gasteiger partial charge >= 0.3 is 5.97 Å². The number of aromatic amines is 1. The minimum Gasteiger partial charge on any atom is -0.494 e. The van der Waals surface area contributed by atoms with Crippen molar-refractivity contribution < 1.29 is 19.7 Å². The smallest absolute Gasteiger partial charge is 0.341 e. The molecule has 0 fully saturated rings. The average molecular weight is 329 g/mol. The number of ether oxygens (including phenoxy) is 1. The zero-order chi connectivity index (χ0) is 17.1. The van der Waals surface area contributed by atoms with Gasteiger partial charge in [0, 0.05) is 0 Å². The van der Waals surface area contributed by atoms with Crippen LogP contribution in [0.25, 0.3) is 5.65 Å². The van der Waals surface area contributed by atoms with Crippen molar-refractivity contribution in [3.8, 4) is 11.6 Å². The monoisotopic (exact) mass is 329 g/mol. The Morgan fingerprint density at radius 2 is 2.04 bits per heavy atom. The summed E-state index contributed by atoms with van der Waals surface area (Å²) >= 11 is 0. The molecule has 0 saturated carbocycles. The van der Waals surface area contributed by atoms with Gasteiger partial charge in [-0.1, -0.05) is 18.2 Å². The van der Waals surface area contributed by atoms with Gasteiger partial charge in [0.05, 0.1) is 18.4 Å². The van der Waals surface area contributed by atoms with Crippen molar-refractivity contribution in [1.82, 2.24) is 14.6 Å². The van der Waals surface area contributed by atoms with Crippen LogP contribution in [0.15, 0.2) is 41.3 Å². The highest BCUT2D eigenvalue weighted by Gasteiger charge is 2.18. The van der Waals surface area contributed by atoms with Crippen LogP contribution in [-0.4, -0.2) is 37.4 Å². The minimum atomic E-state index is -1.23. The molecule has 0 unspecified atom stereocenters. The van der Waals surface area contributed by atoms with E-state index in [0.29, 0.717) is 13.0 Å². The van der Waals surface area contributed by atoms with Crippen LogP contribution in [0.2, 0.25) is 0 Å². The Morgan fingerprint density at radius 3 is 2.75 bits per heavy atom. The molecule has 0 aliphatic heterocycles. The molecule has 24 heavy (non-hydrogen) atoms. The number of nitrogens with zero attached hydrogens (tertiary/aromatic N) is 2. The first kappa shape index (κ1) is 15.6. The molecular weight excluding hydrogens is 314 g/mol. The Balaban J connectivity index is 1.75. The van der Waals surface area contributed by atoms with Crippen molar-refractivity contribution >= 4 is 11.6 Å². The molecule has 0 bridgehead atoms. The maximum Gasteiger partial charge on any atom is 0.341 e. The molecule has 8 heteroatoms. The number of fused-ring (bicyclic) bond motifs is 1. The number of aromatic hydroxyl groups is 1. The van der Waals surface area contributed by atoms with Gasteiger partial charge in [-0.15, -0.1) is 0 Å². The summed E-state index contributed by atoms with van der Waals surface area (Å²) in [6.45, 7) is 0.375. The van der Waals surface area contributed by atoms with Crippen molar-refractivity contribution in [1.29, 1.82) is 0 Å². The predicted octanol–water partition coefficient (Wildman–Crippen LogP) is 1.44. The van der Waals surface area contributed by atoms with Gasteiger partial charge in [-0.2, -0.15) is 9.61 Å². The highest BCUT2D eigenvalue weighted by atomic mass is 16.5. The molecule has 0 aliphatic rings. The third kappa shape index (κ3) is 2.94. The predicted molar refractivity (Wildman–Crippen MR) is 84.7 cm³/mol. The molecule has 1 aromatic carbocycles. The molecule has 0 radical (unpaired) electrons. The van der Waals surface area contributed by atoms with Crippen molar-refractivity contribution in [2.75, 3.05) is 6.61 Å². The van der Waals surface area contributed by atoms with Gasteiger partial charge < -0.3 is 19.9 Å². The lowest BCUT2D eigenvalue weighted by Gasteiger charge is -2.07. The summed E-state index contributed by atoms with van der Waals surface area (Å²) in [6.07, 6.45) is 1.85. The molecule has 124 valence electrons. The van der Waals surface area contributed by atoms with E-state index in [9.17, 15) is 14.7 Å². The number of carbonyl (C=O) groups is 1. The van der Waals surface area contributed by atoms with Crippen LogP contribution < -0.4 is 10.3 Å². The Morgan fingerprint density at radius 1 is 1.29 bits per heavy atom. The zero-order valence-corrected chi connectivity index (χ0v) is 12.6. The molecule has 8 nitrogen and oxygen atoms in total. The Labute approximate surface area is 135 Å². The molecule has 2 aromatic heterocycles. The molecule has 3 aromatic rings.